The van der Waals surface area contributed by atoms with Gasteiger partial charge in [0.1, 0.15) is 0 Å². The number of anilines is 1. The predicted molar refractivity (Wildman–Crippen MR) is 89.6 cm³/mol. The number of thiazole rings is 1. The van der Waals surface area contributed by atoms with E-state index in [9.17, 15) is 0 Å². The number of nitrogens with two attached hydrogens (primary N) is 1. The van der Waals surface area contributed by atoms with Crippen molar-refractivity contribution in [3.05, 3.63) is 40.3 Å². The number of nitrogens with zero attached hydrogens (tertiary/aromatic N) is 3. The van der Waals surface area contributed by atoms with E-state index in [-0.39, 0.29) is 5.84 Å². The van der Waals surface area contributed by atoms with Gasteiger partial charge in [0.15, 0.2) is 5.84 Å². The van der Waals surface area contributed by atoms with Crippen molar-refractivity contribution in [2.75, 3.05) is 17.7 Å². The Kier molecular flexibility index (Phi) is 5.46. The Morgan fingerprint density at radius 1 is 1.52 bits per heavy atom. The molecule has 0 fully saturated rings. The van der Waals surface area contributed by atoms with Crippen LogP contribution in [0.1, 0.15) is 18.2 Å². The third-order valence-corrected chi connectivity index (χ3v) is 4.54. The van der Waals surface area contributed by atoms with Gasteiger partial charge in [-0.25, -0.2) is 4.98 Å². The summed E-state index contributed by atoms with van der Waals surface area (Å²) in [5.74, 6) is 1.05. The predicted octanol–water partition coefficient (Wildman–Crippen LogP) is 2.99. The minimum atomic E-state index is 0.131. The van der Waals surface area contributed by atoms with Crippen LogP contribution in [0.25, 0.3) is 0 Å². The van der Waals surface area contributed by atoms with Gasteiger partial charge in [0.05, 0.1) is 23.3 Å². The highest BCUT2D eigenvalue weighted by Crippen LogP contribution is 2.31. The molecular formula is C14H18N4OS2. The molecule has 112 valence electrons. The van der Waals surface area contributed by atoms with E-state index in [1.807, 2.05) is 36.1 Å². The second-order valence-corrected chi connectivity index (χ2v) is 6.43. The summed E-state index contributed by atoms with van der Waals surface area (Å²) in [4.78, 5) is 7.36. The van der Waals surface area contributed by atoms with Gasteiger partial charge in [0, 0.05) is 23.0 Å². The minimum Gasteiger partial charge on any atom is -0.409 e. The zero-order valence-corrected chi connectivity index (χ0v) is 13.6. The lowest BCUT2D eigenvalue weighted by Gasteiger charge is -2.23. The van der Waals surface area contributed by atoms with Gasteiger partial charge in [0.2, 0.25) is 0 Å². The first-order chi connectivity index (χ1) is 10.2. The molecule has 0 atom stereocenters. The summed E-state index contributed by atoms with van der Waals surface area (Å²) in [5, 5.41) is 14.3. The number of rotatable bonds is 6. The summed E-state index contributed by atoms with van der Waals surface area (Å²) < 4.78 is 0. The highest BCUT2D eigenvalue weighted by atomic mass is 32.2. The highest BCUT2D eigenvalue weighted by molar-refractivity contribution is 7.99. The van der Waals surface area contributed by atoms with E-state index in [0.717, 1.165) is 27.6 Å². The highest BCUT2D eigenvalue weighted by Gasteiger charge is 2.16. The van der Waals surface area contributed by atoms with E-state index in [2.05, 4.69) is 22.0 Å². The normalized spacial score (nSPS) is 11.6. The number of aromatic nitrogens is 1. The van der Waals surface area contributed by atoms with Crippen molar-refractivity contribution in [3.8, 4) is 0 Å². The Bertz CT molecular complexity index is 613. The summed E-state index contributed by atoms with van der Waals surface area (Å²) in [6.07, 6.45) is 0. The molecule has 3 N–H and O–H groups in total. The first kappa shape index (κ1) is 15.7. The molecule has 1 heterocycles. The molecule has 2 aromatic rings. The fourth-order valence-electron chi connectivity index (χ4n) is 2.06. The quantitative estimate of drug-likeness (QED) is 0.281. The zero-order chi connectivity index (χ0) is 15.2. The SMILES string of the molecule is CCSc1cccc(N(C)Cc2cscn2)c1/C(N)=N/O. The van der Waals surface area contributed by atoms with Crippen LogP contribution in [0, 0.1) is 0 Å². The van der Waals surface area contributed by atoms with Gasteiger partial charge in [-0.15, -0.1) is 23.1 Å². The molecular weight excluding hydrogens is 304 g/mol. The number of hydrogen-bond donors (Lipinski definition) is 2. The number of thioether (sulfide) groups is 1. The lowest BCUT2D eigenvalue weighted by molar-refractivity contribution is 0.318. The molecule has 7 heteroatoms. The molecule has 1 aromatic heterocycles. The Morgan fingerprint density at radius 2 is 2.33 bits per heavy atom. The summed E-state index contributed by atoms with van der Waals surface area (Å²) in [7, 11) is 1.98. The van der Waals surface area contributed by atoms with E-state index in [1.54, 1.807) is 23.1 Å². The number of oxime groups is 1. The van der Waals surface area contributed by atoms with Crippen molar-refractivity contribution >= 4 is 34.6 Å². The second kappa shape index (κ2) is 7.33. The van der Waals surface area contributed by atoms with E-state index in [4.69, 9.17) is 10.9 Å². The molecule has 0 aliphatic heterocycles. The topological polar surface area (TPSA) is 74.7 Å². The van der Waals surface area contributed by atoms with E-state index >= 15 is 0 Å². The average Bonchev–Trinajstić information content (AvgIpc) is 2.99. The van der Waals surface area contributed by atoms with E-state index < -0.39 is 0 Å². The number of hydrogen-bond acceptors (Lipinski definition) is 6. The van der Waals surface area contributed by atoms with Crippen molar-refractivity contribution in [2.45, 2.75) is 18.4 Å². The summed E-state index contributed by atoms with van der Waals surface area (Å²) in [5.41, 5.74) is 10.4. The first-order valence-electron chi connectivity index (χ1n) is 6.49. The Labute approximate surface area is 132 Å². The Hall–Kier alpha value is -1.73. The Balaban J connectivity index is 2.39. The van der Waals surface area contributed by atoms with Gasteiger partial charge >= 0.3 is 0 Å². The third-order valence-electron chi connectivity index (χ3n) is 2.96. The monoisotopic (exact) mass is 322 g/mol. The molecule has 1 aromatic carbocycles. The van der Waals surface area contributed by atoms with E-state index in [1.165, 1.54) is 0 Å². The lowest BCUT2D eigenvalue weighted by atomic mass is 10.1. The molecule has 0 amide bonds. The van der Waals surface area contributed by atoms with Crippen LogP contribution in [0.5, 0.6) is 0 Å². The number of benzene rings is 1. The lowest BCUT2D eigenvalue weighted by Crippen LogP contribution is -2.23. The van der Waals surface area contributed by atoms with Gasteiger partial charge < -0.3 is 15.8 Å². The maximum absolute atomic E-state index is 9.07. The third kappa shape index (κ3) is 3.68. The van der Waals surface area contributed by atoms with Gasteiger partial charge in [-0.2, -0.15) is 0 Å². The van der Waals surface area contributed by atoms with Crippen molar-refractivity contribution < 1.29 is 5.21 Å². The smallest absolute Gasteiger partial charge is 0.173 e. The molecule has 5 nitrogen and oxygen atoms in total. The second-order valence-electron chi connectivity index (χ2n) is 4.40. The largest absolute Gasteiger partial charge is 0.409 e. The van der Waals surface area contributed by atoms with Crippen LogP contribution in [-0.4, -0.2) is 28.8 Å². The van der Waals surface area contributed by atoms with Crippen LogP contribution in [0.2, 0.25) is 0 Å². The molecule has 2 rings (SSSR count). The van der Waals surface area contributed by atoms with Crippen LogP contribution in [-0.2, 0) is 6.54 Å². The van der Waals surface area contributed by atoms with Crippen LogP contribution in [0.4, 0.5) is 5.69 Å². The Morgan fingerprint density at radius 3 is 2.95 bits per heavy atom. The summed E-state index contributed by atoms with van der Waals surface area (Å²) in [6, 6.07) is 5.94. The summed E-state index contributed by atoms with van der Waals surface area (Å²) in [6.45, 7) is 2.75. The van der Waals surface area contributed by atoms with Crippen LogP contribution in [0.15, 0.2) is 39.1 Å². The van der Waals surface area contributed by atoms with Crippen molar-refractivity contribution in [3.63, 3.8) is 0 Å². The van der Waals surface area contributed by atoms with Crippen molar-refractivity contribution in [1.29, 1.82) is 0 Å². The maximum Gasteiger partial charge on any atom is 0.173 e. The van der Waals surface area contributed by atoms with Gasteiger partial charge in [-0.3, -0.25) is 0 Å². The maximum atomic E-state index is 9.07. The molecule has 21 heavy (non-hydrogen) atoms. The van der Waals surface area contributed by atoms with E-state index in [0.29, 0.717) is 6.54 Å². The molecule has 0 radical (unpaired) electrons. The summed E-state index contributed by atoms with van der Waals surface area (Å²) >= 11 is 3.25. The fraction of sp³-hybridized carbons (Fsp3) is 0.286. The van der Waals surface area contributed by atoms with Crippen LogP contribution >= 0.6 is 23.1 Å². The van der Waals surface area contributed by atoms with Crippen LogP contribution in [0.3, 0.4) is 0 Å². The molecule has 0 bridgehead atoms. The molecule has 0 unspecified atom stereocenters. The molecule has 0 aliphatic carbocycles. The minimum absolute atomic E-state index is 0.131. The first-order valence-corrected chi connectivity index (χ1v) is 8.42. The van der Waals surface area contributed by atoms with Crippen LogP contribution < -0.4 is 10.6 Å². The zero-order valence-electron chi connectivity index (χ0n) is 12.0. The average molecular weight is 322 g/mol. The molecule has 0 spiro atoms. The van der Waals surface area contributed by atoms with Gasteiger partial charge in [0.25, 0.3) is 0 Å². The molecule has 0 aliphatic rings. The van der Waals surface area contributed by atoms with Gasteiger partial charge in [-0.05, 0) is 17.9 Å². The number of amidine groups is 1. The molecule has 0 saturated carbocycles. The van der Waals surface area contributed by atoms with Crippen molar-refractivity contribution in [2.24, 2.45) is 10.9 Å². The van der Waals surface area contributed by atoms with Crippen molar-refractivity contribution in [1.82, 2.24) is 4.98 Å². The standard InChI is InChI=1S/C14H18N4OS2/c1-3-21-12-6-4-5-11(13(12)14(15)17-19)18(2)7-10-8-20-9-16-10/h4-6,8-9,19H,3,7H2,1-2H3,(H2,15,17). The van der Waals surface area contributed by atoms with Gasteiger partial charge in [-0.1, -0.05) is 18.1 Å². The molecule has 0 saturated heterocycles. The fourth-order valence-corrected chi connectivity index (χ4v) is 3.45.